The maximum Gasteiger partial charge on any atom is 0.416 e. The molecule has 0 aromatic heterocycles. The van der Waals surface area contributed by atoms with Gasteiger partial charge in [-0.1, -0.05) is 32.0 Å². The lowest BCUT2D eigenvalue weighted by Crippen LogP contribution is -2.61. The molecule has 118 valence electrons. The van der Waals surface area contributed by atoms with Crippen LogP contribution in [0, 0.1) is 5.41 Å². The Morgan fingerprint density at radius 2 is 1.90 bits per heavy atom. The van der Waals surface area contributed by atoms with Gasteiger partial charge < -0.3 is 10.1 Å². The summed E-state index contributed by atoms with van der Waals surface area (Å²) in [4.78, 5) is 0. The van der Waals surface area contributed by atoms with Crippen LogP contribution in [0.15, 0.2) is 24.3 Å². The van der Waals surface area contributed by atoms with Crippen LogP contribution in [0.25, 0.3) is 0 Å². The topological polar surface area (TPSA) is 21.3 Å². The molecule has 1 saturated carbocycles. The largest absolute Gasteiger partial charge is 0.416 e. The molecule has 3 unspecified atom stereocenters. The summed E-state index contributed by atoms with van der Waals surface area (Å²) in [6, 6.07) is 5.54. The highest BCUT2D eigenvalue weighted by Crippen LogP contribution is 2.44. The van der Waals surface area contributed by atoms with E-state index in [2.05, 4.69) is 19.2 Å². The van der Waals surface area contributed by atoms with Crippen LogP contribution in [-0.4, -0.2) is 19.3 Å². The number of halogens is 3. The second kappa shape index (κ2) is 5.61. The molecule has 0 spiro atoms. The van der Waals surface area contributed by atoms with Gasteiger partial charge in [-0.3, -0.25) is 0 Å². The van der Waals surface area contributed by atoms with Gasteiger partial charge in [-0.15, -0.1) is 0 Å². The third-order valence-corrected chi connectivity index (χ3v) is 4.65. The Bertz CT molecular complexity index is 499. The van der Waals surface area contributed by atoms with E-state index in [-0.39, 0.29) is 23.6 Å². The molecule has 1 aromatic carbocycles. The fourth-order valence-corrected chi connectivity index (χ4v) is 3.09. The van der Waals surface area contributed by atoms with Crippen LogP contribution < -0.4 is 5.32 Å². The first-order valence-electron chi connectivity index (χ1n) is 7.13. The van der Waals surface area contributed by atoms with Crippen molar-refractivity contribution in [3.63, 3.8) is 0 Å². The number of hydrogen-bond acceptors (Lipinski definition) is 2. The minimum atomic E-state index is -4.32. The predicted octanol–water partition coefficient (Wildman–Crippen LogP) is 4.17. The van der Waals surface area contributed by atoms with Gasteiger partial charge in [0.15, 0.2) is 0 Å². The molecular weight excluding hydrogens is 279 g/mol. The molecule has 21 heavy (non-hydrogen) atoms. The highest BCUT2D eigenvalue weighted by atomic mass is 19.4. The van der Waals surface area contributed by atoms with Crippen molar-refractivity contribution in [3.05, 3.63) is 35.4 Å². The molecule has 2 rings (SSSR count). The Hall–Kier alpha value is -1.07. The third-order valence-electron chi connectivity index (χ3n) is 4.65. The average Bonchev–Trinajstić information content (AvgIpc) is 2.41. The monoisotopic (exact) mass is 301 g/mol. The molecule has 0 radical (unpaired) electrons. The van der Waals surface area contributed by atoms with Crippen LogP contribution in [-0.2, 0) is 10.9 Å². The van der Waals surface area contributed by atoms with Crippen molar-refractivity contribution in [1.29, 1.82) is 0 Å². The third kappa shape index (κ3) is 3.09. The molecule has 1 N–H and O–H groups in total. The van der Waals surface area contributed by atoms with Gasteiger partial charge in [0.2, 0.25) is 0 Å². The number of rotatable bonds is 4. The van der Waals surface area contributed by atoms with E-state index >= 15 is 0 Å². The van der Waals surface area contributed by atoms with Gasteiger partial charge in [-0.25, -0.2) is 0 Å². The molecular formula is C16H22F3NO. The van der Waals surface area contributed by atoms with Crippen LogP contribution in [0.5, 0.6) is 0 Å². The number of benzene rings is 1. The van der Waals surface area contributed by atoms with E-state index in [0.717, 1.165) is 12.5 Å². The van der Waals surface area contributed by atoms with Gasteiger partial charge in [-0.05, 0) is 25.0 Å². The SMILES string of the molecule is COC1CC(NC(C)c2ccccc2C(F)(F)F)C1(C)C. The summed E-state index contributed by atoms with van der Waals surface area (Å²) in [5.41, 5.74) is -0.344. The van der Waals surface area contributed by atoms with Crippen LogP contribution in [0.1, 0.15) is 44.4 Å². The molecule has 1 aliphatic rings. The van der Waals surface area contributed by atoms with Gasteiger partial charge in [0.25, 0.3) is 0 Å². The molecule has 2 nitrogen and oxygen atoms in total. The molecule has 3 atom stereocenters. The summed E-state index contributed by atoms with van der Waals surface area (Å²) >= 11 is 0. The van der Waals surface area contributed by atoms with Crippen molar-refractivity contribution in [2.45, 2.75) is 51.6 Å². The molecule has 1 fully saturated rings. The van der Waals surface area contributed by atoms with Gasteiger partial charge in [0.1, 0.15) is 0 Å². The Morgan fingerprint density at radius 1 is 1.29 bits per heavy atom. The second-order valence-corrected chi connectivity index (χ2v) is 6.31. The minimum Gasteiger partial charge on any atom is -0.381 e. The van der Waals surface area contributed by atoms with Gasteiger partial charge >= 0.3 is 6.18 Å². The Kier molecular flexibility index (Phi) is 4.36. The Labute approximate surface area is 123 Å². The zero-order valence-corrected chi connectivity index (χ0v) is 12.8. The fourth-order valence-electron chi connectivity index (χ4n) is 3.09. The minimum absolute atomic E-state index is 0.0732. The zero-order valence-electron chi connectivity index (χ0n) is 12.8. The average molecular weight is 301 g/mol. The van der Waals surface area contributed by atoms with Crippen molar-refractivity contribution in [1.82, 2.24) is 5.32 Å². The summed E-state index contributed by atoms with van der Waals surface area (Å²) in [5, 5.41) is 3.32. The zero-order chi connectivity index (χ0) is 15.8. The lowest BCUT2D eigenvalue weighted by atomic mass is 9.64. The smallest absolute Gasteiger partial charge is 0.381 e. The van der Waals surface area contributed by atoms with Crippen LogP contribution >= 0.6 is 0 Å². The molecule has 0 amide bonds. The quantitative estimate of drug-likeness (QED) is 0.901. The first-order valence-corrected chi connectivity index (χ1v) is 7.13. The van der Waals surface area contributed by atoms with E-state index in [1.807, 2.05) is 0 Å². The van der Waals surface area contributed by atoms with E-state index in [0.29, 0.717) is 5.56 Å². The maximum atomic E-state index is 13.1. The molecule has 0 aliphatic heterocycles. The van der Waals surface area contributed by atoms with Crippen LogP contribution in [0.3, 0.4) is 0 Å². The standard InChI is InChI=1S/C16H22F3NO/c1-10(20-13-9-14(21-4)15(13,2)3)11-7-5-6-8-12(11)16(17,18)19/h5-8,10,13-14,20H,9H2,1-4H3. The van der Waals surface area contributed by atoms with E-state index in [1.54, 1.807) is 26.2 Å². The molecule has 5 heteroatoms. The molecule has 1 aromatic rings. The van der Waals surface area contributed by atoms with Gasteiger partial charge in [-0.2, -0.15) is 13.2 Å². The summed E-state index contributed by atoms with van der Waals surface area (Å²) in [6.07, 6.45) is -3.35. The normalized spacial score (nSPS) is 26.2. The van der Waals surface area contributed by atoms with Crippen LogP contribution in [0.2, 0.25) is 0 Å². The number of alkyl halides is 3. The lowest BCUT2D eigenvalue weighted by molar-refractivity contribution is -0.138. The lowest BCUT2D eigenvalue weighted by Gasteiger charge is -2.52. The van der Waals surface area contributed by atoms with Crippen molar-refractivity contribution in [3.8, 4) is 0 Å². The maximum absolute atomic E-state index is 13.1. The summed E-state index contributed by atoms with van der Waals surface area (Å²) in [5.74, 6) is 0. The summed E-state index contributed by atoms with van der Waals surface area (Å²) in [7, 11) is 1.67. The molecule has 1 aliphatic carbocycles. The highest BCUT2D eigenvalue weighted by molar-refractivity contribution is 5.32. The van der Waals surface area contributed by atoms with E-state index in [1.165, 1.54) is 6.07 Å². The van der Waals surface area contributed by atoms with E-state index in [4.69, 9.17) is 4.74 Å². The first-order chi connectivity index (χ1) is 9.67. The molecule has 0 saturated heterocycles. The Balaban J connectivity index is 2.14. The van der Waals surface area contributed by atoms with Gasteiger partial charge in [0.05, 0.1) is 11.7 Å². The van der Waals surface area contributed by atoms with E-state index < -0.39 is 11.7 Å². The van der Waals surface area contributed by atoms with Crippen molar-refractivity contribution in [2.75, 3.05) is 7.11 Å². The number of methoxy groups -OCH3 is 1. The second-order valence-electron chi connectivity index (χ2n) is 6.31. The summed E-state index contributed by atoms with van der Waals surface area (Å²) in [6.45, 7) is 5.93. The van der Waals surface area contributed by atoms with E-state index in [9.17, 15) is 13.2 Å². The first kappa shape index (κ1) is 16.3. The molecule has 0 bridgehead atoms. The van der Waals surface area contributed by atoms with Gasteiger partial charge in [0, 0.05) is 24.6 Å². The van der Waals surface area contributed by atoms with Crippen LogP contribution in [0.4, 0.5) is 13.2 Å². The van der Waals surface area contributed by atoms with Crippen molar-refractivity contribution < 1.29 is 17.9 Å². The Morgan fingerprint density at radius 3 is 2.43 bits per heavy atom. The van der Waals surface area contributed by atoms with Crippen molar-refractivity contribution >= 4 is 0 Å². The number of nitrogens with one attached hydrogen (secondary N) is 1. The highest BCUT2D eigenvalue weighted by Gasteiger charge is 2.49. The number of ether oxygens (including phenoxy) is 1. The number of hydrogen-bond donors (Lipinski definition) is 1. The fraction of sp³-hybridized carbons (Fsp3) is 0.625. The summed E-state index contributed by atoms with van der Waals surface area (Å²) < 4.78 is 44.6. The van der Waals surface area contributed by atoms with Crippen molar-refractivity contribution in [2.24, 2.45) is 5.41 Å². The predicted molar refractivity (Wildman–Crippen MR) is 76.0 cm³/mol. The molecule has 0 heterocycles.